The number of nitrogens with zero attached hydrogens (tertiary/aromatic N) is 1. The van der Waals surface area contributed by atoms with Gasteiger partial charge in [-0.3, -0.25) is 4.98 Å². The minimum Gasteiger partial charge on any atom is -0.263 e. The molecule has 0 saturated carbocycles. The van der Waals surface area contributed by atoms with Gasteiger partial charge in [-0.1, -0.05) is 30.3 Å². The third-order valence-electron chi connectivity index (χ3n) is 2.58. The maximum atomic E-state index is 12.8. The highest BCUT2D eigenvalue weighted by atomic mass is 35.5. The first-order valence-corrected chi connectivity index (χ1v) is 5.73. The van der Waals surface area contributed by atoms with Gasteiger partial charge in [0.2, 0.25) is 0 Å². The molecule has 0 aliphatic heterocycles. The van der Waals surface area contributed by atoms with Crippen LogP contribution in [0.2, 0.25) is 0 Å². The summed E-state index contributed by atoms with van der Waals surface area (Å²) in [5.41, 5.74) is 0.372. The van der Waals surface area contributed by atoms with Crippen LogP contribution < -0.4 is 0 Å². The molecule has 0 unspecified atom stereocenters. The fraction of sp³-hybridized carbons (Fsp3) is 0.154. The number of benzene rings is 1. The van der Waals surface area contributed by atoms with Crippen molar-refractivity contribution >= 4 is 11.6 Å². The van der Waals surface area contributed by atoms with Gasteiger partial charge in [0.25, 0.3) is 0 Å². The van der Waals surface area contributed by atoms with E-state index in [1.165, 1.54) is 6.20 Å². The first-order chi connectivity index (χ1) is 8.54. The van der Waals surface area contributed by atoms with Crippen LogP contribution in [0.4, 0.5) is 13.2 Å². The summed E-state index contributed by atoms with van der Waals surface area (Å²) >= 11 is 5.67. The number of hydrogen-bond donors (Lipinski definition) is 0. The van der Waals surface area contributed by atoms with Crippen molar-refractivity contribution in [3.63, 3.8) is 0 Å². The highest BCUT2D eigenvalue weighted by Crippen LogP contribution is 2.36. The SMILES string of the molecule is FC(F)(F)c1cncc(-c2ccccc2)c1CCl. The minimum absolute atomic E-state index is 0.0605. The Bertz CT molecular complexity index is 538. The van der Waals surface area contributed by atoms with Gasteiger partial charge >= 0.3 is 6.18 Å². The van der Waals surface area contributed by atoms with Crippen LogP contribution in [-0.4, -0.2) is 4.98 Å². The first-order valence-electron chi connectivity index (χ1n) is 5.19. The standard InChI is InChI=1S/C13H9ClF3N/c14-6-10-11(9-4-2-1-3-5-9)7-18-8-12(10)13(15,16)17/h1-5,7-8H,6H2. The number of hydrogen-bond acceptors (Lipinski definition) is 1. The van der Waals surface area contributed by atoms with Gasteiger partial charge < -0.3 is 0 Å². The first kappa shape index (κ1) is 12.9. The summed E-state index contributed by atoms with van der Waals surface area (Å²) in [7, 11) is 0. The van der Waals surface area contributed by atoms with Crippen LogP contribution >= 0.6 is 11.6 Å². The van der Waals surface area contributed by atoms with Gasteiger partial charge in [-0.25, -0.2) is 0 Å². The summed E-state index contributed by atoms with van der Waals surface area (Å²) in [6.45, 7) is 0. The molecule has 0 amide bonds. The van der Waals surface area contributed by atoms with Crippen LogP contribution in [0.25, 0.3) is 11.1 Å². The minimum atomic E-state index is -4.44. The van der Waals surface area contributed by atoms with E-state index in [-0.39, 0.29) is 11.4 Å². The molecule has 1 heterocycles. The van der Waals surface area contributed by atoms with Gasteiger partial charge in [0, 0.05) is 23.8 Å². The molecular weight excluding hydrogens is 263 g/mol. The van der Waals surface area contributed by atoms with Gasteiger partial charge in [0.05, 0.1) is 5.56 Å². The molecule has 0 N–H and O–H groups in total. The Balaban J connectivity index is 2.63. The van der Waals surface area contributed by atoms with Gasteiger partial charge in [-0.15, -0.1) is 11.6 Å². The van der Waals surface area contributed by atoms with E-state index in [4.69, 9.17) is 11.6 Å². The van der Waals surface area contributed by atoms with E-state index < -0.39 is 11.7 Å². The third kappa shape index (κ3) is 2.48. The maximum Gasteiger partial charge on any atom is 0.418 e. The molecule has 0 fully saturated rings. The summed E-state index contributed by atoms with van der Waals surface area (Å²) in [5, 5.41) is 0. The zero-order chi connectivity index (χ0) is 13.2. The topological polar surface area (TPSA) is 12.9 Å². The number of aromatic nitrogens is 1. The number of alkyl halides is 4. The van der Waals surface area contributed by atoms with E-state index in [2.05, 4.69) is 4.98 Å². The van der Waals surface area contributed by atoms with Gasteiger partial charge in [0.1, 0.15) is 0 Å². The molecule has 18 heavy (non-hydrogen) atoms. The van der Waals surface area contributed by atoms with E-state index in [1.54, 1.807) is 30.3 Å². The molecule has 1 aromatic heterocycles. The molecular formula is C13H9ClF3N. The predicted molar refractivity (Wildman–Crippen MR) is 64.2 cm³/mol. The average Bonchev–Trinajstić information content (AvgIpc) is 2.37. The normalized spacial score (nSPS) is 11.6. The molecule has 0 aliphatic rings. The van der Waals surface area contributed by atoms with Crippen molar-refractivity contribution in [1.82, 2.24) is 4.98 Å². The molecule has 94 valence electrons. The Morgan fingerprint density at radius 3 is 2.28 bits per heavy atom. The van der Waals surface area contributed by atoms with Crippen LogP contribution in [-0.2, 0) is 12.1 Å². The highest BCUT2D eigenvalue weighted by Gasteiger charge is 2.34. The Morgan fingerprint density at radius 2 is 1.72 bits per heavy atom. The van der Waals surface area contributed by atoms with Crippen molar-refractivity contribution < 1.29 is 13.2 Å². The zero-order valence-corrected chi connectivity index (χ0v) is 9.96. The molecule has 5 heteroatoms. The molecule has 0 saturated heterocycles. The smallest absolute Gasteiger partial charge is 0.263 e. The molecule has 0 spiro atoms. The van der Waals surface area contributed by atoms with Crippen LogP contribution in [0.3, 0.4) is 0 Å². The van der Waals surface area contributed by atoms with Crippen LogP contribution in [0.5, 0.6) is 0 Å². The second kappa shape index (κ2) is 4.98. The van der Waals surface area contributed by atoms with E-state index in [0.29, 0.717) is 11.1 Å². The lowest BCUT2D eigenvalue weighted by molar-refractivity contribution is -0.138. The summed E-state index contributed by atoms with van der Waals surface area (Å²) in [5.74, 6) is -0.207. The quantitative estimate of drug-likeness (QED) is 0.733. The lowest BCUT2D eigenvalue weighted by Crippen LogP contribution is -2.10. The average molecular weight is 272 g/mol. The predicted octanol–water partition coefficient (Wildman–Crippen LogP) is 4.51. The molecule has 1 nitrogen and oxygen atoms in total. The van der Waals surface area contributed by atoms with Crippen LogP contribution in [0.1, 0.15) is 11.1 Å². The Hall–Kier alpha value is -1.55. The maximum absolute atomic E-state index is 12.8. The number of pyridine rings is 1. The van der Waals surface area contributed by atoms with Gasteiger partial charge in [-0.05, 0) is 11.1 Å². The van der Waals surface area contributed by atoms with Gasteiger partial charge in [-0.2, -0.15) is 13.2 Å². The van der Waals surface area contributed by atoms with Crippen molar-refractivity contribution in [1.29, 1.82) is 0 Å². The second-order valence-electron chi connectivity index (χ2n) is 3.71. The van der Waals surface area contributed by atoms with Crippen LogP contribution in [0, 0.1) is 0 Å². The van der Waals surface area contributed by atoms with E-state index in [1.807, 2.05) is 0 Å². The highest BCUT2D eigenvalue weighted by molar-refractivity contribution is 6.17. The molecule has 0 atom stereocenters. The lowest BCUT2D eigenvalue weighted by atomic mass is 9.99. The molecule has 2 rings (SSSR count). The third-order valence-corrected chi connectivity index (χ3v) is 2.85. The Kier molecular flexibility index (Phi) is 3.57. The summed E-state index contributed by atoms with van der Waals surface area (Å²) in [6.07, 6.45) is -2.23. The van der Waals surface area contributed by atoms with E-state index in [9.17, 15) is 13.2 Å². The van der Waals surface area contributed by atoms with Crippen molar-refractivity contribution in [3.05, 3.63) is 53.9 Å². The van der Waals surface area contributed by atoms with Crippen molar-refractivity contribution in [3.8, 4) is 11.1 Å². The molecule has 0 radical (unpaired) electrons. The van der Waals surface area contributed by atoms with E-state index in [0.717, 1.165) is 6.20 Å². The fourth-order valence-corrected chi connectivity index (χ4v) is 2.03. The lowest BCUT2D eigenvalue weighted by Gasteiger charge is -2.14. The fourth-order valence-electron chi connectivity index (χ4n) is 1.74. The molecule has 0 bridgehead atoms. The summed E-state index contributed by atoms with van der Waals surface area (Å²) < 4.78 is 38.5. The molecule has 0 aliphatic carbocycles. The number of halogens is 4. The monoisotopic (exact) mass is 271 g/mol. The Morgan fingerprint density at radius 1 is 1.06 bits per heavy atom. The largest absolute Gasteiger partial charge is 0.418 e. The second-order valence-corrected chi connectivity index (χ2v) is 3.98. The molecule has 1 aromatic carbocycles. The van der Waals surface area contributed by atoms with Crippen molar-refractivity contribution in [2.24, 2.45) is 0 Å². The Labute approximate surface area is 107 Å². The van der Waals surface area contributed by atoms with Crippen molar-refractivity contribution in [2.75, 3.05) is 0 Å². The summed E-state index contributed by atoms with van der Waals surface area (Å²) in [6, 6.07) is 8.77. The van der Waals surface area contributed by atoms with Crippen molar-refractivity contribution in [2.45, 2.75) is 12.1 Å². The summed E-state index contributed by atoms with van der Waals surface area (Å²) in [4.78, 5) is 3.66. The van der Waals surface area contributed by atoms with Gasteiger partial charge in [0.15, 0.2) is 0 Å². The zero-order valence-electron chi connectivity index (χ0n) is 9.21. The molecule has 2 aromatic rings. The number of rotatable bonds is 2. The van der Waals surface area contributed by atoms with Crippen LogP contribution in [0.15, 0.2) is 42.7 Å². The van der Waals surface area contributed by atoms with E-state index >= 15 is 0 Å².